The van der Waals surface area contributed by atoms with Gasteiger partial charge in [0.25, 0.3) is 0 Å². The molecule has 4 nitrogen and oxygen atoms in total. The van der Waals surface area contributed by atoms with Crippen molar-refractivity contribution in [2.75, 3.05) is 26.8 Å². The molecule has 0 aromatic heterocycles. The van der Waals surface area contributed by atoms with E-state index in [1.165, 1.54) is 5.56 Å². The summed E-state index contributed by atoms with van der Waals surface area (Å²) in [5, 5.41) is 7.57. The second-order valence-electron chi connectivity index (χ2n) is 5.20. The molecular weight excluding hydrogens is 413 g/mol. The van der Waals surface area contributed by atoms with Crippen LogP contribution in [0.2, 0.25) is 5.02 Å². The molecule has 124 valence electrons. The number of nitrogens with one attached hydrogen (secondary N) is 2. The van der Waals surface area contributed by atoms with E-state index in [0.29, 0.717) is 12.0 Å². The minimum Gasteiger partial charge on any atom is -0.382 e. The van der Waals surface area contributed by atoms with Crippen molar-refractivity contribution in [1.29, 1.82) is 0 Å². The van der Waals surface area contributed by atoms with Gasteiger partial charge in [-0.15, -0.1) is 24.0 Å². The molecule has 0 amide bonds. The van der Waals surface area contributed by atoms with Crippen molar-refractivity contribution in [3.05, 3.63) is 34.9 Å². The summed E-state index contributed by atoms with van der Waals surface area (Å²) >= 11 is 6.04. The van der Waals surface area contributed by atoms with Gasteiger partial charge in [0.1, 0.15) is 0 Å². The van der Waals surface area contributed by atoms with Crippen molar-refractivity contribution in [2.45, 2.75) is 31.7 Å². The predicted molar refractivity (Wildman–Crippen MR) is 104 cm³/mol. The lowest BCUT2D eigenvalue weighted by molar-refractivity contribution is 0.145. The monoisotopic (exact) mass is 437 g/mol. The molecule has 2 rings (SSSR count). The van der Waals surface area contributed by atoms with Crippen molar-refractivity contribution in [3.63, 3.8) is 0 Å². The first-order valence-electron chi connectivity index (χ1n) is 7.55. The molecule has 0 heterocycles. The minimum absolute atomic E-state index is 0. The molecule has 1 aromatic rings. The maximum absolute atomic E-state index is 6.04. The Hall–Kier alpha value is -0.530. The molecule has 0 bridgehead atoms. The number of halogens is 2. The van der Waals surface area contributed by atoms with Crippen LogP contribution in [0.5, 0.6) is 0 Å². The Morgan fingerprint density at radius 2 is 2.27 bits per heavy atom. The minimum atomic E-state index is 0. The van der Waals surface area contributed by atoms with Crippen molar-refractivity contribution < 1.29 is 4.74 Å². The van der Waals surface area contributed by atoms with Gasteiger partial charge in [0, 0.05) is 43.8 Å². The van der Waals surface area contributed by atoms with E-state index in [1.807, 2.05) is 25.1 Å². The van der Waals surface area contributed by atoms with Gasteiger partial charge in [-0.1, -0.05) is 23.7 Å². The third-order valence-electron chi connectivity index (χ3n) is 3.58. The van der Waals surface area contributed by atoms with Gasteiger partial charge in [-0.05, 0) is 37.5 Å². The van der Waals surface area contributed by atoms with Crippen LogP contribution in [0.1, 0.15) is 31.2 Å². The molecule has 1 fully saturated rings. The summed E-state index contributed by atoms with van der Waals surface area (Å²) in [4.78, 5) is 4.26. The van der Waals surface area contributed by atoms with E-state index in [4.69, 9.17) is 16.3 Å². The van der Waals surface area contributed by atoms with E-state index in [2.05, 4.69) is 21.7 Å². The van der Waals surface area contributed by atoms with Crippen molar-refractivity contribution in [1.82, 2.24) is 10.6 Å². The quantitative estimate of drug-likeness (QED) is 0.297. The Morgan fingerprint density at radius 3 is 2.95 bits per heavy atom. The Bertz CT molecular complexity index is 484. The van der Waals surface area contributed by atoms with E-state index in [9.17, 15) is 0 Å². The number of rotatable bonds is 7. The number of guanidine groups is 1. The molecule has 0 saturated heterocycles. The maximum Gasteiger partial charge on any atom is 0.191 e. The number of hydrogen-bond acceptors (Lipinski definition) is 2. The zero-order valence-corrected chi connectivity index (χ0v) is 16.2. The van der Waals surface area contributed by atoms with Crippen molar-refractivity contribution in [3.8, 4) is 0 Å². The largest absolute Gasteiger partial charge is 0.382 e. The van der Waals surface area contributed by atoms with E-state index in [-0.39, 0.29) is 24.0 Å². The number of benzene rings is 1. The predicted octanol–water partition coefficient (Wildman–Crippen LogP) is 3.41. The summed E-state index contributed by atoms with van der Waals surface area (Å²) in [6, 6.07) is 8.55. The lowest BCUT2D eigenvalue weighted by Crippen LogP contribution is -2.39. The molecule has 1 aliphatic carbocycles. The standard InChI is InChI=1S/C16H24ClN3O.HI/c1-3-21-9-5-8-19-16(18-2)20-15-11-14(15)12-6-4-7-13(17)10-12;/h4,6-7,10,14-15H,3,5,8-9,11H2,1-2H3,(H2,18,19,20);1H. The molecule has 2 N–H and O–H groups in total. The van der Waals surface area contributed by atoms with Gasteiger partial charge < -0.3 is 15.4 Å². The van der Waals surface area contributed by atoms with Crippen LogP contribution in [0, 0.1) is 0 Å². The Kier molecular flexibility index (Phi) is 9.12. The third-order valence-corrected chi connectivity index (χ3v) is 3.81. The molecule has 1 aliphatic rings. The number of nitrogens with zero attached hydrogens (tertiary/aromatic N) is 1. The van der Waals surface area contributed by atoms with Gasteiger partial charge in [0.05, 0.1) is 0 Å². The Balaban J connectivity index is 0.00000242. The van der Waals surface area contributed by atoms with Gasteiger partial charge in [-0.25, -0.2) is 0 Å². The van der Waals surface area contributed by atoms with E-state index >= 15 is 0 Å². The summed E-state index contributed by atoms with van der Waals surface area (Å²) < 4.78 is 5.32. The molecule has 2 atom stereocenters. The SMILES string of the molecule is CCOCCCNC(=NC)NC1CC1c1cccc(Cl)c1.I. The van der Waals surface area contributed by atoms with E-state index < -0.39 is 0 Å². The van der Waals surface area contributed by atoms with Crippen LogP contribution in [-0.4, -0.2) is 38.8 Å². The lowest BCUT2D eigenvalue weighted by Gasteiger charge is -2.12. The Morgan fingerprint density at radius 1 is 1.45 bits per heavy atom. The number of aliphatic imine (C=N–C) groups is 1. The summed E-state index contributed by atoms with van der Waals surface area (Å²) in [5.41, 5.74) is 1.30. The van der Waals surface area contributed by atoms with Crippen molar-refractivity contribution in [2.24, 2.45) is 4.99 Å². The van der Waals surface area contributed by atoms with E-state index in [1.54, 1.807) is 7.05 Å². The second-order valence-corrected chi connectivity index (χ2v) is 5.63. The molecule has 1 aromatic carbocycles. The topological polar surface area (TPSA) is 45.6 Å². The highest BCUT2D eigenvalue weighted by molar-refractivity contribution is 14.0. The van der Waals surface area contributed by atoms with Crippen LogP contribution >= 0.6 is 35.6 Å². The number of hydrogen-bond donors (Lipinski definition) is 2. The molecule has 22 heavy (non-hydrogen) atoms. The van der Waals surface area contributed by atoms with Crippen LogP contribution in [0.3, 0.4) is 0 Å². The molecule has 0 aliphatic heterocycles. The second kappa shape index (κ2) is 10.3. The van der Waals surface area contributed by atoms with Crippen LogP contribution in [0.15, 0.2) is 29.3 Å². The highest BCUT2D eigenvalue weighted by Crippen LogP contribution is 2.41. The maximum atomic E-state index is 6.04. The third kappa shape index (κ3) is 6.30. The zero-order valence-electron chi connectivity index (χ0n) is 13.1. The normalized spacial score (nSPS) is 20.2. The molecule has 1 saturated carbocycles. The average molecular weight is 438 g/mol. The zero-order chi connectivity index (χ0) is 15.1. The van der Waals surface area contributed by atoms with Gasteiger partial charge in [-0.3, -0.25) is 4.99 Å². The lowest BCUT2D eigenvalue weighted by atomic mass is 10.1. The average Bonchev–Trinajstić information content (AvgIpc) is 3.25. The van der Waals surface area contributed by atoms with Gasteiger partial charge in [0.15, 0.2) is 5.96 Å². The Labute approximate surface area is 155 Å². The smallest absolute Gasteiger partial charge is 0.191 e. The molecule has 6 heteroatoms. The molecule has 2 unspecified atom stereocenters. The highest BCUT2D eigenvalue weighted by Gasteiger charge is 2.39. The first-order valence-corrected chi connectivity index (χ1v) is 7.92. The fourth-order valence-electron chi connectivity index (χ4n) is 2.36. The fraction of sp³-hybridized carbons (Fsp3) is 0.562. The first-order chi connectivity index (χ1) is 10.2. The van der Waals surface area contributed by atoms with Crippen LogP contribution in [-0.2, 0) is 4.74 Å². The van der Waals surface area contributed by atoms with Crippen LogP contribution in [0.25, 0.3) is 0 Å². The summed E-state index contributed by atoms with van der Waals surface area (Å²) in [7, 11) is 1.80. The number of ether oxygens (including phenoxy) is 1. The molecule has 0 spiro atoms. The first kappa shape index (κ1) is 19.5. The van der Waals surface area contributed by atoms with Crippen molar-refractivity contribution >= 4 is 41.5 Å². The van der Waals surface area contributed by atoms with Gasteiger partial charge in [-0.2, -0.15) is 0 Å². The summed E-state index contributed by atoms with van der Waals surface area (Å²) in [5.74, 6) is 1.40. The fourth-order valence-corrected chi connectivity index (χ4v) is 2.55. The summed E-state index contributed by atoms with van der Waals surface area (Å²) in [6.45, 7) is 4.44. The van der Waals surface area contributed by atoms with E-state index in [0.717, 1.165) is 43.6 Å². The molecular formula is C16H25ClIN3O. The van der Waals surface area contributed by atoms with Crippen LogP contribution < -0.4 is 10.6 Å². The summed E-state index contributed by atoms with van der Waals surface area (Å²) in [6.07, 6.45) is 2.11. The van der Waals surface area contributed by atoms with Gasteiger partial charge >= 0.3 is 0 Å². The van der Waals surface area contributed by atoms with Gasteiger partial charge in [0.2, 0.25) is 0 Å². The molecule has 0 radical (unpaired) electrons. The highest BCUT2D eigenvalue weighted by atomic mass is 127. The van der Waals surface area contributed by atoms with Crippen LogP contribution in [0.4, 0.5) is 0 Å².